The van der Waals surface area contributed by atoms with Gasteiger partial charge in [-0.2, -0.15) is 5.10 Å². The summed E-state index contributed by atoms with van der Waals surface area (Å²) in [4.78, 5) is 17.2. The largest absolute Gasteiger partial charge is 0.508 e. The van der Waals surface area contributed by atoms with Crippen molar-refractivity contribution in [1.29, 1.82) is 0 Å². The maximum absolute atomic E-state index is 10.9. The molecule has 1 aromatic heterocycles. The number of nitrogens with one attached hydrogen (secondary N) is 2. The Balaban J connectivity index is 2.05. The number of benzene rings is 1. The van der Waals surface area contributed by atoms with Crippen LogP contribution in [0, 0.1) is 0 Å². The lowest BCUT2D eigenvalue weighted by Crippen LogP contribution is -2.06. The molecule has 0 aliphatic rings. The van der Waals surface area contributed by atoms with E-state index >= 15 is 0 Å². The van der Waals surface area contributed by atoms with Gasteiger partial charge in [0.05, 0.1) is 12.5 Å². The summed E-state index contributed by atoms with van der Waals surface area (Å²) in [5, 5.41) is 13.1. The Morgan fingerprint density at radius 1 is 1.41 bits per heavy atom. The van der Waals surface area contributed by atoms with Crippen LogP contribution in [0.5, 0.6) is 5.75 Å². The van der Waals surface area contributed by atoms with Crippen molar-refractivity contribution in [3.05, 3.63) is 52.6 Å². The van der Waals surface area contributed by atoms with Gasteiger partial charge in [-0.25, -0.2) is 4.98 Å². The van der Waals surface area contributed by atoms with Crippen molar-refractivity contribution >= 4 is 12.0 Å². The summed E-state index contributed by atoms with van der Waals surface area (Å²) >= 11 is 0. The number of anilines is 1. The van der Waals surface area contributed by atoms with E-state index in [4.69, 9.17) is 0 Å². The van der Waals surface area contributed by atoms with Crippen molar-refractivity contribution < 1.29 is 5.11 Å². The van der Waals surface area contributed by atoms with Crippen molar-refractivity contribution in [1.82, 2.24) is 9.97 Å². The zero-order valence-corrected chi connectivity index (χ0v) is 8.79. The van der Waals surface area contributed by atoms with Crippen LogP contribution in [0.3, 0.4) is 0 Å². The van der Waals surface area contributed by atoms with Crippen LogP contribution in [-0.4, -0.2) is 21.3 Å². The van der Waals surface area contributed by atoms with Crippen LogP contribution in [0.15, 0.2) is 46.6 Å². The van der Waals surface area contributed by atoms with Crippen LogP contribution in [0.1, 0.15) is 5.56 Å². The van der Waals surface area contributed by atoms with Crippen LogP contribution in [0.2, 0.25) is 0 Å². The van der Waals surface area contributed by atoms with Crippen LogP contribution >= 0.6 is 0 Å². The molecule has 1 aromatic carbocycles. The number of hydrogen-bond acceptors (Lipinski definition) is 5. The van der Waals surface area contributed by atoms with E-state index < -0.39 is 0 Å². The Labute approximate surface area is 96.7 Å². The molecule has 0 aliphatic heterocycles. The molecule has 2 aromatic rings. The molecule has 0 aliphatic carbocycles. The number of aromatic amines is 1. The molecular weight excluding hydrogens is 220 g/mol. The molecule has 2 rings (SSSR count). The number of nitrogens with zero attached hydrogens (tertiary/aromatic N) is 2. The van der Waals surface area contributed by atoms with E-state index in [1.54, 1.807) is 24.3 Å². The smallest absolute Gasteiger partial charge is 0.252 e. The third-order valence-electron chi connectivity index (χ3n) is 1.94. The van der Waals surface area contributed by atoms with Gasteiger partial charge in [0.15, 0.2) is 5.82 Å². The second kappa shape index (κ2) is 4.93. The van der Waals surface area contributed by atoms with Crippen LogP contribution in [0.4, 0.5) is 5.82 Å². The molecule has 1 heterocycles. The second-order valence-electron chi connectivity index (χ2n) is 3.26. The topological polar surface area (TPSA) is 90.4 Å². The van der Waals surface area contributed by atoms with Crippen LogP contribution in [0.25, 0.3) is 0 Å². The molecular formula is C11H10N4O2. The number of H-pyrrole nitrogens is 1. The van der Waals surface area contributed by atoms with E-state index in [1.807, 2.05) is 0 Å². The van der Waals surface area contributed by atoms with Crippen molar-refractivity contribution in [3.63, 3.8) is 0 Å². The first-order valence-corrected chi connectivity index (χ1v) is 4.87. The Morgan fingerprint density at radius 2 is 2.29 bits per heavy atom. The minimum atomic E-state index is -0.255. The van der Waals surface area contributed by atoms with Crippen molar-refractivity contribution in [3.8, 4) is 5.75 Å². The first kappa shape index (κ1) is 10.9. The molecule has 86 valence electrons. The molecule has 0 atom stereocenters. The number of phenols is 1. The normalized spacial score (nSPS) is 10.6. The zero-order chi connectivity index (χ0) is 12.1. The van der Waals surface area contributed by atoms with Crippen molar-refractivity contribution in [2.24, 2.45) is 5.10 Å². The summed E-state index contributed by atoms with van der Waals surface area (Å²) in [5.41, 5.74) is 3.09. The summed E-state index contributed by atoms with van der Waals surface area (Å²) in [5.74, 6) is 0.522. The van der Waals surface area contributed by atoms with E-state index in [0.29, 0.717) is 5.82 Å². The Morgan fingerprint density at radius 3 is 3.06 bits per heavy atom. The molecule has 0 saturated heterocycles. The lowest BCUT2D eigenvalue weighted by atomic mass is 10.2. The standard InChI is InChI=1S/C11H10N4O2/c16-9-3-1-2-8(4-9)6-14-15-10-5-11(17)13-7-12-10/h1-7,16H,(H2,12,13,15,17). The number of hydrazone groups is 1. The van der Waals surface area contributed by atoms with Crippen LogP contribution < -0.4 is 11.0 Å². The molecule has 0 unspecified atom stereocenters. The van der Waals surface area contributed by atoms with E-state index in [0.717, 1.165) is 5.56 Å². The number of hydrogen-bond donors (Lipinski definition) is 3. The van der Waals surface area contributed by atoms with Gasteiger partial charge in [0.1, 0.15) is 5.75 Å². The van der Waals surface area contributed by atoms with Crippen LogP contribution in [-0.2, 0) is 0 Å². The van der Waals surface area contributed by atoms with E-state index in [2.05, 4.69) is 20.5 Å². The number of aromatic nitrogens is 2. The third-order valence-corrected chi connectivity index (χ3v) is 1.94. The Bertz CT molecular complexity index is 592. The van der Waals surface area contributed by atoms with Crippen molar-refractivity contribution in [2.45, 2.75) is 0 Å². The second-order valence-corrected chi connectivity index (χ2v) is 3.26. The fraction of sp³-hybridized carbons (Fsp3) is 0. The average molecular weight is 230 g/mol. The Kier molecular flexibility index (Phi) is 3.15. The predicted octanol–water partition coefficient (Wildman–Crippen LogP) is 0.921. The van der Waals surface area contributed by atoms with E-state index in [1.165, 1.54) is 18.6 Å². The number of phenolic OH excluding ortho intramolecular Hbond substituents is 1. The maximum atomic E-state index is 10.9. The minimum Gasteiger partial charge on any atom is -0.508 e. The van der Waals surface area contributed by atoms with Gasteiger partial charge >= 0.3 is 0 Å². The molecule has 0 amide bonds. The number of rotatable bonds is 3. The highest BCUT2D eigenvalue weighted by atomic mass is 16.3. The first-order chi connectivity index (χ1) is 8.24. The minimum absolute atomic E-state index is 0.170. The van der Waals surface area contributed by atoms with Gasteiger partial charge in [-0.3, -0.25) is 10.2 Å². The summed E-state index contributed by atoms with van der Waals surface area (Å²) in [6.45, 7) is 0. The van der Waals surface area contributed by atoms with Gasteiger partial charge in [0, 0.05) is 6.07 Å². The molecule has 3 N–H and O–H groups in total. The summed E-state index contributed by atoms with van der Waals surface area (Å²) in [7, 11) is 0. The fourth-order valence-electron chi connectivity index (χ4n) is 1.21. The molecule has 0 saturated carbocycles. The monoisotopic (exact) mass is 230 g/mol. The lowest BCUT2D eigenvalue weighted by Gasteiger charge is -1.97. The average Bonchev–Trinajstić information content (AvgIpc) is 2.29. The quantitative estimate of drug-likeness (QED) is 0.540. The summed E-state index contributed by atoms with van der Waals surface area (Å²) in [6.07, 6.45) is 2.80. The maximum Gasteiger partial charge on any atom is 0.252 e. The van der Waals surface area contributed by atoms with Gasteiger partial charge in [-0.1, -0.05) is 12.1 Å². The predicted molar refractivity (Wildman–Crippen MR) is 64.2 cm³/mol. The summed E-state index contributed by atoms with van der Waals surface area (Å²) < 4.78 is 0. The number of aromatic hydroxyl groups is 1. The highest BCUT2D eigenvalue weighted by molar-refractivity contribution is 5.80. The third kappa shape index (κ3) is 3.16. The highest BCUT2D eigenvalue weighted by Gasteiger charge is 1.92. The molecule has 0 radical (unpaired) electrons. The molecule has 0 fully saturated rings. The zero-order valence-electron chi connectivity index (χ0n) is 8.79. The molecule has 6 heteroatoms. The summed E-state index contributed by atoms with van der Waals surface area (Å²) in [6, 6.07) is 7.93. The van der Waals surface area contributed by atoms with Gasteiger partial charge < -0.3 is 10.1 Å². The molecule has 6 nitrogen and oxygen atoms in total. The first-order valence-electron chi connectivity index (χ1n) is 4.87. The molecule has 0 bridgehead atoms. The van der Waals surface area contributed by atoms with Crippen molar-refractivity contribution in [2.75, 3.05) is 5.43 Å². The van der Waals surface area contributed by atoms with Gasteiger partial charge in [-0.15, -0.1) is 0 Å². The lowest BCUT2D eigenvalue weighted by molar-refractivity contribution is 0.475. The van der Waals surface area contributed by atoms with E-state index in [-0.39, 0.29) is 11.3 Å². The molecule has 17 heavy (non-hydrogen) atoms. The SMILES string of the molecule is O=c1cc(NN=Cc2cccc(O)c2)nc[nH]1. The van der Waals surface area contributed by atoms with E-state index in [9.17, 15) is 9.90 Å². The highest BCUT2D eigenvalue weighted by Crippen LogP contribution is 2.08. The van der Waals surface area contributed by atoms with Gasteiger partial charge in [-0.05, 0) is 17.7 Å². The molecule has 0 spiro atoms. The van der Waals surface area contributed by atoms with Gasteiger partial charge in [0.25, 0.3) is 5.56 Å². The fourth-order valence-corrected chi connectivity index (χ4v) is 1.21. The van der Waals surface area contributed by atoms with Gasteiger partial charge in [0.2, 0.25) is 0 Å². The Hall–Kier alpha value is -2.63.